The number of benzene rings is 1. The van der Waals surface area contributed by atoms with E-state index in [2.05, 4.69) is 29.0 Å². The van der Waals surface area contributed by atoms with Crippen LogP contribution < -0.4 is 5.73 Å². The van der Waals surface area contributed by atoms with Crippen LogP contribution in [-0.4, -0.2) is 36.0 Å². The Kier molecular flexibility index (Phi) is 2.81. The summed E-state index contributed by atoms with van der Waals surface area (Å²) in [6.45, 7) is 4.43. The van der Waals surface area contributed by atoms with Gasteiger partial charge in [0.15, 0.2) is 0 Å². The van der Waals surface area contributed by atoms with E-state index in [4.69, 9.17) is 5.73 Å². The molecule has 3 heteroatoms. The molecule has 1 fully saturated rings. The second-order valence-corrected chi connectivity index (χ2v) is 5.41. The highest BCUT2D eigenvalue weighted by atomic mass is 15.2. The van der Waals surface area contributed by atoms with Gasteiger partial charge >= 0.3 is 0 Å². The van der Waals surface area contributed by atoms with Crippen molar-refractivity contribution < 1.29 is 0 Å². The molecule has 3 rings (SSSR count). The largest absolute Gasteiger partial charge is 0.398 e. The first-order chi connectivity index (χ1) is 8.24. The Hall–Kier alpha value is -1.06. The zero-order chi connectivity index (χ0) is 11.8. The number of hydrogen-bond acceptors (Lipinski definition) is 3. The first-order valence-electron chi connectivity index (χ1n) is 6.53. The third-order valence-corrected chi connectivity index (χ3v) is 4.02. The van der Waals surface area contributed by atoms with E-state index in [1.165, 1.54) is 30.5 Å². The number of nitrogens with two attached hydrogens (primary N) is 1. The van der Waals surface area contributed by atoms with Gasteiger partial charge in [-0.1, -0.05) is 12.1 Å². The van der Waals surface area contributed by atoms with Crippen LogP contribution in [0.15, 0.2) is 18.2 Å². The lowest BCUT2D eigenvalue weighted by atomic mass is 10.1. The molecule has 0 amide bonds. The van der Waals surface area contributed by atoms with Crippen molar-refractivity contribution in [1.29, 1.82) is 0 Å². The minimum atomic E-state index is 0.866. The quantitative estimate of drug-likeness (QED) is 0.800. The Balaban J connectivity index is 1.56. The number of likely N-dealkylation sites (N-methyl/N-ethyl adjacent to an activating group) is 1. The normalized spacial score (nSPS) is 19.9. The first-order valence-corrected chi connectivity index (χ1v) is 6.53. The summed E-state index contributed by atoms with van der Waals surface area (Å²) in [6.07, 6.45) is 2.79. The summed E-state index contributed by atoms with van der Waals surface area (Å²) in [5.74, 6) is 0. The van der Waals surface area contributed by atoms with Crippen LogP contribution in [0.2, 0.25) is 0 Å². The molecule has 92 valence electrons. The van der Waals surface area contributed by atoms with Gasteiger partial charge in [-0.25, -0.2) is 0 Å². The average Bonchev–Trinajstić information content (AvgIpc) is 3.07. The van der Waals surface area contributed by atoms with Crippen molar-refractivity contribution in [1.82, 2.24) is 9.80 Å². The molecule has 0 saturated heterocycles. The minimum absolute atomic E-state index is 0.866. The third-order valence-electron chi connectivity index (χ3n) is 4.02. The van der Waals surface area contributed by atoms with Crippen LogP contribution >= 0.6 is 0 Å². The molecule has 0 radical (unpaired) electrons. The maximum Gasteiger partial charge on any atom is 0.0363 e. The van der Waals surface area contributed by atoms with Gasteiger partial charge in [0.1, 0.15) is 0 Å². The zero-order valence-electron chi connectivity index (χ0n) is 10.5. The molecule has 1 aliphatic heterocycles. The number of nitrogen functional groups attached to an aromatic ring is 1. The standard InChI is InChI=1S/C14H21N3/c1-16(12-5-6-12)7-8-17-9-11-3-2-4-14(15)13(11)10-17/h2-4,12H,5-10,15H2,1H3. The molecule has 0 spiro atoms. The van der Waals surface area contributed by atoms with Crippen molar-refractivity contribution in [3.05, 3.63) is 29.3 Å². The molecule has 1 aliphatic carbocycles. The van der Waals surface area contributed by atoms with Crippen LogP contribution in [0.25, 0.3) is 0 Å². The number of anilines is 1. The van der Waals surface area contributed by atoms with E-state index < -0.39 is 0 Å². The number of fused-ring (bicyclic) bond motifs is 1. The van der Waals surface area contributed by atoms with Crippen molar-refractivity contribution in [3.63, 3.8) is 0 Å². The summed E-state index contributed by atoms with van der Waals surface area (Å²) >= 11 is 0. The molecule has 1 saturated carbocycles. The molecule has 1 aromatic carbocycles. The lowest BCUT2D eigenvalue weighted by Gasteiger charge is -2.20. The van der Waals surface area contributed by atoms with Crippen LogP contribution in [0.4, 0.5) is 5.69 Å². The molecule has 1 heterocycles. The van der Waals surface area contributed by atoms with Gasteiger partial charge in [0, 0.05) is 37.9 Å². The summed E-state index contributed by atoms with van der Waals surface area (Å²) in [6, 6.07) is 7.15. The molecule has 0 atom stereocenters. The highest BCUT2D eigenvalue weighted by Gasteiger charge is 2.27. The van der Waals surface area contributed by atoms with Gasteiger partial charge in [-0.3, -0.25) is 4.90 Å². The molecular formula is C14H21N3. The maximum atomic E-state index is 6.01. The van der Waals surface area contributed by atoms with E-state index in [-0.39, 0.29) is 0 Å². The Morgan fingerprint density at radius 2 is 2.18 bits per heavy atom. The SMILES string of the molecule is CN(CCN1Cc2cccc(N)c2C1)C1CC1. The number of nitrogens with zero attached hydrogens (tertiary/aromatic N) is 2. The summed E-state index contributed by atoms with van der Waals surface area (Å²) in [7, 11) is 2.25. The Labute approximate surface area is 103 Å². The van der Waals surface area contributed by atoms with Crippen LogP contribution in [0.5, 0.6) is 0 Å². The smallest absolute Gasteiger partial charge is 0.0363 e. The van der Waals surface area contributed by atoms with Gasteiger partial charge in [0.05, 0.1) is 0 Å². The van der Waals surface area contributed by atoms with Gasteiger partial charge in [-0.15, -0.1) is 0 Å². The summed E-state index contributed by atoms with van der Waals surface area (Å²) in [5, 5.41) is 0. The monoisotopic (exact) mass is 231 g/mol. The van der Waals surface area contributed by atoms with Gasteiger partial charge < -0.3 is 10.6 Å². The van der Waals surface area contributed by atoms with Gasteiger partial charge in [0.25, 0.3) is 0 Å². The van der Waals surface area contributed by atoms with E-state index >= 15 is 0 Å². The van der Waals surface area contributed by atoms with Gasteiger partial charge in [-0.2, -0.15) is 0 Å². The molecule has 0 bridgehead atoms. The van der Waals surface area contributed by atoms with Crippen molar-refractivity contribution >= 4 is 5.69 Å². The summed E-state index contributed by atoms with van der Waals surface area (Å²) in [5.41, 5.74) is 9.73. The fraction of sp³-hybridized carbons (Fsp3) is 0.571. The van der Waals surface area contributed by atoms with Crippen LogP contribution in [0.3, 0.4) is 0 Å². The predicted molar refractivity (Wildman–Crippen MR) is 70.6 cm³/mol. The van der Waals surface area contributed by atoms with Crippen molar-refractivity contribution in [2.75, 3.05) is 25.9 Å². The summed E-state index contributed by atoms with van der Waals surface area (Å²) < 4.78 is 0. The second-order valence-electron chi connectivity index (χ2n) is 5.41. The van der Waals surface area contributed by atoms with Crippen LogP contribution in [0.1, 0.15) is 24.0 Å². The second kappa shape index (κ2) is 4.31. The van der Waals surface area contributed by atoms with Crippen LogP contribution in [-0.2, 0) is 13.1 Å². The fourth-order valence-electron chi connectivity index (χ4n) is 2.67. The number of rotatable bonds is 4. The fourth-order valence-corrected chi connectivity index (χ4v) is 2.67. The molecule has 3 nitrogen and oxygen atoms in total. The molecule has 0 unspecified atom stereocenters. The lowest BCUT2D eigenvalue weighted by Crippen LogP contribution is -2.31. The Morgan fingerprint density at radius 3 is 2.88 bits per heavy atom. The van der Waals surface area contributed by atoms with E-state index in [0.717, 1.165) is 31.4 Å². The first kappa shape index (κ1) is 11.1. The zero-order valence-corrected chi connectivity index (χ0v) is 10.5. The highest BCUT2D eigenvalue weighted by molar-refractivity contribution is 5.52. The van der Waals surface area contributed by atoms with E-state index in [1.54, 1.807) is 0 Å². The molecule has 0 aromatic heterocycles. The Bertz CT molecular complexity index is 412. The van der Waals surface area contributed by atoms with Gasteiger partial charge in [-0.05, 0) is 37.1 Å². The van der Waals surface area contributed by atoms with Gasteiger partial charge in [0.2, 0.25) is 0 Å². The lowest BCUT2D eigenvalue weighted by molar-refractivity contribution is 0.224. The van der Waals surface area contributed by atoms with Crippen LogP contribution in [0, 0.1) is 0 Å². The molecule has 2 N–H and O–H groups in total. The third kappa shape index (κ3) is 2.31. The molecular weight excluding hydrogens is 210 g/mol. The molecule has 1 aromatic rings. The minimum Gasteiger partial charge on any atom is -0.398 e. The van der Waals surface area contributed by atoms with E-state index in [1.807, 2.05) is 6.07 Å². The van der Waals surface area contributed by atoms with E-state index in [0.29, 0.717) is 0 Å². The number of hydrogen-bond donors (Lipinski definition) is 1. The van der Waals surface area contributed by atoms with Crippen molar-refractivity contribution in [2.24, 2.45) is 0 Å². The maximum absolute atomic E-state index is 6.01. The van der Waals surface area contributed by atoms with E-state index in [9.17, 15) is 0 Å². The molecule has 2 aliphatic rings. The Morgan fingerprint density at radius 1 is 1.35 bits per heavy atom. The van der Waals surface area contributed by atoms with Crippen molar-refractivity contribution in [3.8, 4) is 0 Å². The average molecular weight is 231 g/mol. The summed E-state index contributed by atoms with van der Waals surface area (Å²) in [4.78, 5) is 4.99. The highest BCUT2D eigenvalue weighted by Crippen LogP contribution is 2.28. The van der Waals surface area contributed by atoms with Crippen molar-refractivity contribution in [2.45, 2.75) is 32.0 Å². The predicted octanol–water partition coefficient (Wildman–Crippen LogP) is 1.68. The topological polar surface area (TPSA) is 32.5 Å². The molecule has 17 heavy (non-hydrogen) atoms.